The highest BCUT2D eigenvalue weighted by atomic mass is 16.5. The molecule has 0 N–H and O–H groups in total. The fourth-order valence-electron chi connectivity index (χ4n) is 4.06. The Hall–Kier alpha value is -2.53. The average molecular weight is 366 g/mol. The van der Waals surface area contributed by atoms with Crippen molar-refractivity contribution in [1.82, 2.24) is 9.80 Å². The normalized spacial score (nSPS) is 19.6. The average Bonchev–Trinajstić information content (AvgIpc) is 3.22. The van der Waals surface area contributed by atoms with Crippen LogP contribution in [0.3, 0.4) is 0 Å². The van der Waals surface area contributed by atoms with E-state index in [-0.39, 0.29) is 12.5 Å². The van der Waals surface area contributed by atoms with Crippen molar-refractivity contribution in [2.24, 2.45) is 0 Å². The summed E-state index contributed by atoms with van der Waals surface area (Å²) in [6.07, 6.45) is 2.13. The van der Waals surface area contributed by atoms with Crippen molar-refractivity contribution in [3.8, 4) is 11.5 Å². The first-order valence-electron chi connectivity index (χ1n) is 9.59. The molecule has 2 aliphatic heterocycles. The Kier molecular flexibility index (Phi) is 5.30. The van der Waals surface area contributed by atoms with Crippen LogP contribution in [0.1, 0.15) is 17.5 Å². The third kappa shape index (κ3) is 3.93. The fraction of sp³-hybridized carbons (Fsp3) is 0.409. The summed E-state index contributed by atoms with van der Waals surface area (Å²) in [5, 5.41) is 0. The molecular formula is C22H26N2O3. The zero-order valence-corrected chi connectivity index (χ0v) is 15.8. The van der Waals surface area contributed by atoms with Crippen molar-refractivity contribution in [3.63, 3.8) is 0 Å². The van der Waals surface area contributed by atoms with Crippen LogP contribution in [0.15, 0.2) is 48.5 Å². The third-order valence-electron chi connectivity index (χ3n) is 5.61. The van der Waals surface area contributed by atoms with Gasteiger partial charge in [-0.3, -0.25) is 9.69 Å². The summed E-state index contributed by atoms with van der Waals surface area (Å²) in [6.45, 7) is 3.70. The maximum atomic E-state index is 12.6. The molecule has 0 saturated carbocycles. The first-order valence-corrected chi connectivity index (χ1v) is 9.59. The van der Waals surface area contributed by atoms with Crippen LogP contribution in [0.25, 0.3) is 0 Å². The van der Waals surface area contributed by atoms with Gasteiger partial charge in [-0.15, -0.1) is 0 Å². The SMILES string of the molecule is COc1ccccc1OCC(=O)N1CC[C@@H](N2CCc3ccccc3C2)C1. The second kappa shape index (κ2) is 8.01. The van der Waals surface area contributed by atoms with Crippen molar-refractivity contribution >= 4 is 5.91 Å². The first-order chi connectivity index (χ1) is 13.2. The Morgan fingerprint density at radius 1 is 1.04 bits per heavy atom. The second-order valence-corrected chi connectivity index (χ2v) is 7.21. The largest absolute Gasteiger partial charge is 0.493 e. The van der Waals surface area contributed by atoms with Gasteiger partial charge >= 0.3 is 0 Å². The van der Waals surface area contributed by atoms with E-state index in [0.717, 1.165) is 39.0 Å². The van der Waals surface area contributed by atoms with E-state index in [1.165, 1.54) is 11.1 Å². The number of amides is 1. The summed E-state index contributed by atoms with van der Waals surface area (Å²) in [7, 11) is 1.60. The number of methoxy groups -OCH3 is 1. The standard InChI is InChI=1S/C22H26N2O3/c1-26-20-8-4-5-9-21(20)27-16-22(25)24-13-11-19(15-24)23-12-10-17-6-2-3-7-18(17)14-23/h2-9,19H,10-16H2,1H3/t19-/m1/s1. The molecule has 2 aromatic rings. The number of fused-ring (bicyclic) bond motifs is 1. The Morgan fingerprint density at radius 3 is 2.59 bits per heavy atom. The van der Waals surface area contributed by atoms with Gasteiger partial charge in [0, 0.05) is 32.2 Å². The molecule has 2 aromatic carbocycles. The van der Waals surface area contributed by atoms with Crippen LogP contribution >= 0.6 is 0 Å². The van der Waals surface area contributed by atoms with E-state index in [1.807, 2.05) is 29.2 Å². The fourth-order valence-corrected chi connectivity index (χ4v) is 4.06. The molecule has 1 amide bonds. The molecule has 5 nitrogen and oxygen atoms in total. The number of nitrogens with zero attached hydrogens (tertiary/aromatic N) is 2. The molecule has 2 heterocycles. The lowest BCUT2D eigenvalue weighted by Gasteiger charge is -2.33. The van der Waals surface area contributed by atoms with Gasteiger partial charge in [-0.2, -0.15) is 0 Å². The molecule has 5 heteroatoms. The zero-order valence-electron chi connectivity index (χ0n) is 15.8. The smallest absolute Gasteiger partial charge is 0.260 e. The van der Waals surface area contributed by atoms with Crippen LogP contribution in [0.2, 0.25) is 0 Å². The van der Waals surface area contributed by atoms with Crippen molar-refractivity contribution in [2.75, 3.05) is 33.4 Å². The maximum absolute atomic E-state index is 12.6. The van der Waals surface area contributed by atoms with Crippen LogP contribution in [-0.2, 0) is 17.8 Å². The maximum Gasteiger partial charge on any atom is 0.260 e. The molecule has 0 radical (unpaired) electrons. The molecule has 1 saturated heterocycles. The van der Waals surface area contributed by atoms with Crippen LogP contribution < -0.4 is 9.47 Å². The van der Waals surface area contributed by atoms with E-state index in [0.29, 0.717) is 17.5 Å². The Morgan fingerprint density at radius 2 is 1.78 bits per heavy atom. The van der Waals surface area contributed by atoms with E-state index < -0.39 is 0 Å². The monoisotopic (exact) mass is 366 g/mol. The predicted molar refractivity (Wildman–Crippen MR) is 104 cm³/mol. The Labute approximate surface area is 160 Å². The van der Waals surface area contributed by atoms with Gasteiger partial charge < -0.3 is 14.4 Å². The highest BCUT2D eigenvalue weighted by Crippen LogP contribution is 2.27. The minimum Gasteiger partial charge on any atom is -0.493 e. The van der Waals surface area contributed by atoms with E-state index in [1.54, 1.807) is 7.11 Å². The number of ether oxygens (including phenoxy) is 2. The molecule has 1 atom stereocenters. The van der Waals surface area contributed by atoms with Gasteiger partial charge in [0.05, 0.1) is 7.11 Å². The number of para-hydroxylation sites is 2. The summed E-state index contributed by atoms with van der Waals surface area (Å²) in [4.78, 5) is 17.0. The number of rotatable bonds is 5. The van der Waals surface area contributed by atoms with Crippen LogP contribution in [0, 0.1) is 0 Å². The summed E-state index contributed by atoms with van der Waals surface area (Å²) in [5.41, 5.74) is 2.89. The predicted octanol–water partition coefficient (Wildman–Crippen LogP) is 2.73. The molecule has 0 aromatic heterocycles. The van der Waals surface area contributed by atoms with Crippen LogP contribution in [0.5, 0.6) is 11.5 Å². The van der Waals surface area contributed by atoms with Gasteiger partial charge in [0.2, 0.25) is 0 Å². The second-order valence-electron chi connectivity index (χ2n) is 7.21. The summed E-state index contributed by atoms with van der Waals surface area (Å²) < 4.78 is 11.0. The number of carbonyl (C=O) groups excluding carboxylic acids is 1. The van der Waals surface area contributed by atoms with Crippen LogP contribution in [0.4, 0.5) is 0 Å². The molecule has 0 aliphatic carbocycles. The van der Waals surface area contributed by atoms with E-state index in [4.69, 9.17) is 9.47 Å². The number of hydrogen-bond acceptors (Lipinski definition) is 4. The Bertz CT molecular complexity index is 808. The molecule has 0 unspecified atom stereocenters. The molecule has 0 spiro atoms. The Balaban J connectivity index is 1.31. The number of hydrogen-bond donors (Lipinski definition) is 0. The molecule has 27 heavy (non-hydrogen) atoms. The minimum atomic E-state index is 0.0424. The van der Waals surface area contributed by atoms with Gasteiger partial charge in [-0.1, -0.05) is 36.4 Å². The molecule has 0 bridgehead atoms. The molecule has 1 fully saturated rings. The van der Waals surface area contributed by atoms with Crippen molar-refractivity contribution in [2.45, 2.75) is 25.4 Å². The first kappa shape index (κ1) is 17.9. The topological polar surface area (TPSA) is 42.0 Å². The van der Waals surface area contributed by atoms with Gasteiger partial charge in [-0.05, 0) is 36.1 Å². The minimum absolute atomic E-state index is 0.0424. The lowest BCUT2D eigenvalue weighted by atomic mass is 9.98. The van der Waals surface area contributed by atoms with Crippen molar-refractivity contribution < 1.29 is 14.3 Å². The summed E-state index contributed by atoms with van der Waals surface area (Å²) in [6, 6.07) is 16.5. The van der Waals surface area contributed by atoms with E-state index >= 15 is 0 Å². The van der Waals surface area contributed by atoms with E-state index in [9.17, 15) is 4.79 Å². The highest BCUT2D eigenvalue weighted by Gasteiger charge is 2.32. The summed E-state index contributed by atoms with van der Waals surface area (Å²) >= 11 is 0. The number of likely N-dealkylation sites (tertiary alicyclic amines) is 1. The molecule has 2 aliphatic rings. The summed E-state index contributed by atoms with van der Waals surface area (Å²) in [5.74, 6) is 1.30. The molecular weight excluding hydrogens is 340 g/mol. The number of benzene rings is 2. The lowest BCUT2D eigenvalue weighted by molar-refractivity contribution is -0.132. The van der Waals surface area contributed by atoms with Crippen LogP contribution in [-0.4, -0.2) is 55.1 Å². The zero-order chi connectivity index (χ0) is 18.6. The van der Waals surface area contributed by atoms with Crippen molar-refractivity contribution in [3.05, 3.63) is 59.7 Å². The lowest BCUT2D eigenvalue weighted by Crippen LogP contribution is -2.42. The van der Waals surface area contributed by atoms with Crippen molar-refractivity contribution in [1.29, 1.82) is 0 Å². The quantitative estimate of drug-likeness (QED) is 0.816. The van der Waals surface area contributed by atoms with Gasteiger partial charge in [0.15, 0.2) is 18.1 Å². The highest BCUT2D eigenvalue weighted by molar-refractivity contribution is 5.78. The number of carbonyl (C=O) groups is 1. The van der Waals surface area contributed by atoms with Gasteiger partial charge in [0.1, 0.15) is 0 Å². The third-order valence-corrected chi connectivity index (χ3v) is 5.61. The van der Waals surface area contributed by atoms with Gasteiger partial charge in [-0.25, -0.2) is 0 Å². The van der Waals surface area contributed by atoms with Gasteiger partial charge in [0.25, 0.3) is 5.91 Å². The molecule has 142 valence electrons. The molecule has 4 rings (SSSR count). The van der Waals surface area contributed by atoms with E-state index in [2.05, 4.69) is 29.2 Å².